The zero-order valence-corrected chi connectivity index (χ0v) is 13.1. The van der Waals surface area contributed by atoms with Gasteiger partial charge in [0, 0.05) is 5.69 Å². The van der Waals surface area contributed by atoms with Crippen molar-refractivity contribution < 1.29 is 4.79 Å². The molecule has 3 rings (SSSR count). The molecule has 0 aliphatic carbocycles. The Kier molecular flexibility index (Phi) is 4.12. The SMILES string of the molecule is CC(Cl)C(=O)Nc1ccc2ncn(-c3ccccc3)c(=O)c2c1. The first kappa shape index (κ1) is 15.2. The molecule has 1 N–H and O–H groups in total. The second-order valence-electron chi connectivity index (χ2n) is 5.09. The van der Waals surface area contributed by atoms with Gasteiger partial charge in [0.25, 0.3) is 5.56 Å². The molecule has 3 aromatic rings. The van der Waals surface area contributed by atoms with Crippen LogP contribution in [0.25, 0.3) is 16.6 Å². The van der Waals surface area contributed by atoms with Gasteiger partial charge in [0.15, 0.2) is 0 Å². The number of hydrogen-bond acceptors (Lipinski definition) is 3. The molecule has 2 aromatic carbocycles. The summed E-state index contributed by atoms with van der Waals surface area (Å²) in [4.78, 5) is 28.7. The fourth-order valence-corrected chi connectivity index (χ4v) is 2.27. The van der Waals surface area contributed by atoms with Crippen LogP contribution in [0.2, 0.25) is 0 Å². The summed E-state index contributed by atoms with van der Waals surface area (Å²) in [7, 11) is 0. The monoisotopic (exact) mass is 327 g/mol. The van der Waals surface area contributed by atoms with Crippen LogP contribution in [-0.2, 0) is 4.79 Å². The zero-order valence-electron chi connectivity index (χ0n) is 12.4. The minimum absolute atomic E-state index is 0.198. The fourth-order valence-electron chi connectivity index (χ4n) is 2.21. The molecule has 0 aliphatic heterocycles. The highest BCUT2D eigenvalue weighted by Crippen LogP contribution is 2.16. The number of rotatable bonds is 3. The van der Waals surface area contributed by atoms with Gasteiger partial charge in [0.2, 0.25) is 5.91 Å². The Morgan fingerprint density at radius 3 is 2.65 bits per heavy atom. The Bertz CT molecular complexity index is 920. The molecule has 0 radical (unpaired) electrons. The number of para-hydroxylation sites is 1. The van der Waals surface area contributed by atoms with Gasteiger partial charge in [0.05, 0.1) is 16.6 Å². The van der Waals surface area contributed by atoms with Gasteiger partial charge in [-0.1, -0.05) is 18.2 Å². The van der Waals surface area contributed by atoms with Crippen molar-refractivity contribution in [2.45, 2.75) is 12.3 Å². The van der Waals surface area contributed by atoms with Crippen LogP contribution >= 0.6 is 11.6 Å². The van der Waals surface area contributed by atoms with E-state index in [4.69, 9.17) is 11.6 Å². The topological polar surface area (TPSA) is 64.0 Å². The molecular formula is C17H14ClN3O2. The van der Waals surface area contributed by atoms with Crippen LogP contribution in [0.5, 0.6) is 0 Å². The second-order valence-corrected chi connectivity index (χ2v) is 5.75. The third-order valence-electron chi connectivity index (χ3n) is 3.42. The van der Waals surface area contributed by atoms with Crippen molar-refractivity contribution >= 4 is 34.1 Å². The summed E-state index contributed by atoms with van der Waals surface area (Å²) in [6.45, 7) is 1.59. The highest BCUT2D eigenvalue weighted by molar-refractivity contribution is 6.32. The van der Waals surface area contributed by atoms with Gasteiger partial charge in [0.1, 0.15) is 11.7 Å². The molecule has 0 fully saturated rings. The van der Waals surface area contributed by atoms with Gasteiger partial charge < -0.3 is 5.32 Å². The number of carbonyl (C=O) groups is 1. The van der Waals surface area contributed by atoms with E-state index in [-0.39, 0.29) is 11.5 Å². The standard InChI is InChI=1S/C17H14ClN3O2/c1-11(18)16(22)20-12-7-8-15-14(9-12)17(23)21(10-19-15)13-5-3-2-4-6-13/h2-11H,1H3,(H,20,22). The summed E-state index contributed by atoms with van der Waals surface area (Å²) in [5, 5.41) is 2.45. The minimum Gasteiger partial charge on any atom is -0.325 e. The van der Waals surface area contributed by atoms with Gasteiger partial charge >= 0.3 is 0 Å². The molecule has 0 spiro atoms. The summed E-state index contributed by atoms with van der Waals surface area (Å²) in [5.41, 5.74) is 1.62. The Labute approximate surface area is 137 Å². The van der Waals surface area contributed by atoms with Gasteiger partial charge in [-0.05, 0) is 37.3 Å². The Morgan fingerprint density at radius 2 is 1.96 bits per heavy atom. The zero-order chi connectivity index (χ0) is 16.4. The molecule has 1 amide bonds. The number of carbonyl (C=O) groups excluding carboxylic acids is 1. The number of nitrogens with one attached hydrogen (secondary N) is 1. The van der Waals surface area contributed by atoms with Crippen LogP contribution < -0.4 is 10.9 Å². The minimum atomic E-state index is -0.652. The summed E-state index contributed by atoms with van der Waals surface area (Å²) >= 11 is 5.74. The van der Waals surface area contributed by atoms with Crippen molar-refractivity contribution in [1.29, 1.82) is 0 Å². The molecule has 0 saturated heterocycles. The first-order valence-corrected chi connectivity index (χ1v) is 7.51. The molecule has 1 atom stereocenters. The first-order valence-electron chi connectivity index (χ1n) is 7.08. The highest BCUT2D eigenvalue weighted by Gasteiger charge is 2.11. The molecule has 0 bridgehead atoms. The van der Waals surface area contributed by atoms with Crippen molar-refractivity contribution in [2.24, 2.45) is 0 Å². The number of aromatic nitrogens is 2. The normalized spacial score (nSPS) is 12.1. The van der Waals surface area contributed by atoms with E-state index in [1.165, 1.54) is 10.9 Å². The van der Waals surface area contributed by atoms with Crippen LogP contribution in [0.4, 0.5) is 5.69 Å². The maximum atomic E-state index is 12.7. The predicted octanol–water partition coefficient (Wildman–Crippen LogP) is 2.95. The average molecular weight is 328 g/mol. The molecule has 116 valence electrons. The molecule has 6 heteroatoms. The summed E-state index contributed by atoms with van der Waals surface area (Å²) in [6, 6.07) is 14.2. The highest BCUT2D eigenvalue weighted by atomic mass is 35.5. The molecule has 0 aliphatic rings. The lowest BCUT2D eigenvalue weighted by molar-refractivity contribution is -0.115. The summed E-state index contributed by atoms with van der Waals surface area (Å²) in [6.07, 6.45) is 1.50. The van der Waals surface area contributed by atoms with Crippen molar-refractivity contribution in [3.63, 3.8) is 0 Å². The van der Waals surface area contributed by atoms with Crippen LogP contribution in [-0.4, -0.2) is 20.8 Å². The molecule has 1 heterocycles. The van der Waals surface area contributed by atoms with Crippen LogP contribution in [0.1, 0.15) is 6.92 Å². The van der Waals surface area contributed by atoms with Gasteiger partial charge in [-0.15, -0.1) is 11.6 Å². The predicted molar refractivity (Wildman–Crippen MR) is 91.3 cm³/mol. The smallest absolute Gasteiger partial charge is 0.265 e. The largest absolute Gasteiger partial charge is 0.325 e. The summed E-state index contributed by atoms with van der Waals surface area (Å²) in [5.74, 6) is -0.321. The molecule has 1 unspecified atom stereocenters. The molecule has 0 saturated carbocycles. The number of alkyl halides is 1. The second kappa shape index (κ2) is 6.22. The first-order chi connectivity index (χ1) is 11.1. The number of halogens is 1. The number of benzene rings is 2. The number of nitrogens with zero attached hydrogens (tertiary/aromatic N) is 2. The molecule has 23 heavy (non-hydrogen) atoms. The van der Waals surface area contributed by atoms with E-state index in [0.717, 1.165) is 5.69 Å². The molecular weight excluding hydrogens is 314 g/mol. The fraction of sp³-hybridized carbons (Fsp3) is 0.118. The molecule has 5 nitrogen and oxygen atoms in total. The van der Waals surface area contributed by atoms with E-state index < -0.39 is 5.38 Å². The van der Waals surface area contributed by atoms with Gasteiger partial charge in [-0.25, -0.2) is 4.98 Å². The third kappa shape index (κ3) is 3.10. The quantitative estimate of drug-likeness (QED) is 0.752. The maximum Gasteiger partial charge on any atom is 0.265 e. The Hall–Kier alpha value is -2.66. The van der Waals surface area contributed by atoms with Gasteiger partial charge in [-0.2, -0.15) is 0 Å². The number of hydrogen-bond donors (Lipinski definition) is 1. The Balaban J connectivity index is 2.09. The lowest BCUT2D eigenvalue weighted by atomic mass is 10.2. The van der Waals surface area contributed by atoms with E-state index in [1.807, 2.05) is 30.3 Å². The lowest BCUT2D eigenvalue weighted by Gasteiger charge is -2.09. The van der Waals surface area contributed by atoms with Crippen LogP contribution in [0.3, 0.4) is 0 Å². The number of anilines is 1. The average Bonchev–Trinajstić information content (AvgIpc) is 2.56. The van der Waals surface area contributed by atoms with E-state index >= 15 is 0 Å². The van der Waals surface area contributed by atoms with Crippen molar-refractivity contribution in [1.82, 2.24) is 9.55 Å². The van der Waals surface area contributed by atoms with E-state index in [2.05, 4.69) is 10.3 Å². The van der Waals surface area contributed by atoms with Crippen molar-refractivity contribution in [3.05, 3.63) is 65.2 Å². The van der Waals surface area contributed by atoms with Gasteiger partial charge in [-0.3, -0.25) is 14.2 Å². The van der Waals surface area contributed by atoms with E-state index in [0.29, 0.717) is 16.6 Å². The molecule has 1 aromatic heterocycles. The van der Waals surface area contributed by atoms with Crippen LogP contribution in [0, 0.1) is 0 Å². The summed E-state index contributed by atoms with van der Waals surface area (Å²) < 4.78 is 1.47. The lowest BCUT2D eigenvalue weighted by Crippen LogP contribution is -2.21. The number of amides is 1. The van der Waals surface area contributed by atoms with E-state index in [9.17, 15) is 9.59 Å². The maximum absolute atomic E-state index is 12.7. The van der Waals surface area contributed by atoms with Crippen molar-refractivity contribution in [2.75, 3.05) is 5.32 Å². The van der Waals surface area contributed by atoms with E-state index in [1.54, 1.807) is 25.1 Å². The van der Waals surface area contributed by atoms with Crippen molar-refractivity contribution in [3.8, 4) is 5.69 Å². The Morgan fingerprint density at radius 1 is 1.22 bits per heavy atom. The van der Waals surface area contributed by atoms with Crippen LogP contribution in [0.15, 0.2) is 59.7 Å². The third-order valence-corrected chi connectivity index (χ3v) is 3.62. The number of fused-ring (bicyclic) bond motifs is 1.